The Morgan fingerprint density at radius 2 is 2.00 bits per heavy atom. The SMILES string of the molecule is CC(C)n1c(-c2ccccc2Cl)nc2cc(CC(=O)O)ccc21. The number of nitrogens with zero attached hydrogens (tertiary/aromatic N) is 2. The molecule has 0 aliphatic carbocycles. The summed E-state index contributed by atoms with van der Waals surface area (Å²) in [6.45, 7) is 4.18. The monoisotopic (exact) mass is 328 g/mol. The Hall–Kier alpha value is -2.33. The van der Waals surface area contributed by atoms with Crippen molar-refractivity contribution >= 4 is 28.6 Å². The first-order valence-corrected chi connectivity index (χ1v) is 7.82. The van der Waals surface area contributed by atoms with E-state index in [0.717, 1.165) is 28.0 Å². The summed E-state index contributed by atoms with van der Waals surface area (Å²) in [4.78, 5) is 15.6. The average Bonchev–Trinajstić information content (AvgIpc) is 2.85. The molecule has 5 heteroatoms. The highest BCUT2D eigenvalue weighted by Gasteiger charge is 2.17. The number of imidazole rings is 1. The van der Waals surface area contributed by atoms with Crippen LogP contribution in [0.3, 0.4) is 0 Å². The summed E-state index contributed by atoms with van der Waals surface area (Å²) in [5, 5.41) is 9.61. The Balaban J connectivity index is 2.23. The number of rotatable bonds is 4. The fourth-order valence-corrected chi connectivity index (χ4v) is 3.00. The highest BCUT2D eigenvalue weighted by Crippen LogP contribution is 2.32. The molecule has 0 aliphatic rings. The van der Waals surface area contributed by atoms with Gasteiger partial charge < -0.3 is 9.67 Å². The van der Waals surface area contributed by atoms with Crippen molar-refractivity contribution in [1.82, 2.24) is 9.55 Å². The van der Waals surface area contributed by atoms with Gasteiger partial charge in [0.25, 0.3) is 0 Å². The minimum Gasteiger partial charge on any atom is -0.481 e. The van der Waals surface area contributed by atoms with E-state index < -0.39 is 5.97 Å². The van der Waals surface area contributed by atoms with E-state index in [0.29, 0.717) is 5.02 Å². The van der Waals surface area contributed by atoms with Crippen molar-refractivity contribution in [3.63, 3.8) is 0 Å². The maximum atomic E-state index is 10.9. The highest BCUT2D eigenvalue weighted by molar-refractivity contribution is 6.33. The van der Waals surface area contributed by atoms with E-state index in [4.69, 9.17) is 21.7 Å². The summed E-state index contributed by atoms with van der Waals surface area (Å²) in [5.41, 5.74) is 3.37. The lowest BCUT2D eigenvalue weighted by molar-refractivity contribution is -0.136. The smallest absolute Gasteiger partial charge is 0.307 e. The zero-order valence-corrected chi connectivity index (χ0v) is 13.7. The van der Waals surface area contributed by atoms with Crippen LogP contribution in [0.25, 0.3) is 22.4 Å². The second kappa shape index (κ2) is 6.05. The van der Waals surface area contributed by atoms with Crippen molar-refractivity contribution in [3.05, 3.63) is 53.1 Å². The first kappa shape index (κ1) is 15.6. The van der Waals surface area contributed by atoms with E-state index >= 15 is 0 Å². The quantitative estimate of drug-likeness (QED) is 0.763. The molecule has 118 valence electrons. The molecule has 0 bridgehead atoms. The van der Waals surface area contributed by atoms with Crippen molar-refractivity contribution in [1.29, 1.82) is 0 Å². The second-order valence-corrected chi connectivity index (χ2v) is 6.18. The predicted molar refractivity (Wildman–Crippen MR) is 91.9 cm³/mol. The van der Waals surface area contributed by atoms with Gasteiger partial charge in [-0.25, -0.2) is 4.98 Å². The Morgan fingerprint density at radius 1 is 1.26 bits per heavy atom. The summed E-state index contributed by atoms with van der Waals surface area (Å²) in [5.74, 6) is -0.0490. The van der Waals surface area contributed by atoms with Crippen LogP contribution >= 0.6 is 11.6 Å². The molecule has 1 N–H and O–H groups in total. The number of hydrogen-bond donors (Lipinski definition) is 1. The van der Waals surface area contributed by atoms with Gasteiger partial charge in [-0.15, -0.1) is 0 Å². The van der Waals surface area contributed by atoms with E-state index in [1.165, 1.54) is 0 Å². The maximum Gasteiger partial charge on any atom is 0.307 e. The van der Waals surface area contributed by atoms with Gasteiger partial charge in [0.15, 0.2) is 0 Å². The molecule has 23 heavy (non-hydrogen) atoms. The molecular formula is C18H17ClN2O2. The number of hydrogen-bond acceptors (Lipinski definition) is 2. The molecule has 0 radical (unpaired) electrons. The topological polar surface area (TPSA) is 55.1 Å². The maximum absolute atomic E-state index is 10.9. The summed E-state index contributed by atoms with van der Waals surface area (Å²) >= 11 is 6.33. The Labute approximate surface area is 139 Å². The van der Waals surface area contributed by atoms with Crippen LogP contribution in [0.2, 0.25) is 5.02 Å². The normalized spacial score (nSPS) is 11.3. The number of carboxylic acid groups (broad SMARTS) is 1. The molecule has 0 aliphatic heterocycles. The van der Waals surface area contributed by atoms with Gasteiger partial charge in [0.2, 0.25) is 0 Å². The number of carboxylic acids is 1. The minimum absolute atomic E-state index is 0.00803. The zero-order chi connectivity index (χ0) is 16.6. The van der Waals surface area contributed by atoms with Gasteiger partial charge >= 0.3 is 5.97 Å². The number of aliphatic carboxylic acids is 1. The number of aromatic nitrogens is 2. The third-order valence-corrected chi connectivity index (χ3v) is 4.07. The van der Waals surface area contributed by atoms with Crippen LogP contribution in [0, 0.1) is 0 Å². The van der Waals surface area contributed by atoms with Crippen LogP contribution in [-0.2, 0) is 11.2 Å². The van der Waals surface area contributed by atoms with E-state index in [1.807, 2.05) is 42.5 Å². The molecule has 0 spiro atoms. The van der Waals surface area contributed by atoms with Gasteiger partial charge in [-0.05, 0) is 43.7 Å². The zero-order valence-electron chi connectivity index (χ0n) is 13.0. The molecule has 1 aromatic heterocycles. The first-order valence-electron chi connectivity index (χ1n) is 7.45. The molecule has 4 nitrogen and oxygen atoms in total. The summed E-state index contributed by atoms with van der Waals surface area (Å²) in [6, 6.07) is 13.4. The molecule has 0 unspecified atom stereocenters. The summed E-state index contributed by atoms with van der Waals surface area (Å²) in [7, 11) is 0. The van der Waals surface area contributed by atoms with Gasteiger partial charge in [0.1, 0.15) is 5.82 Å². The molecule has 3 rings (SSSR count). The van der Waals surface area contributed by atoms with E-state index in [1.54, 1.807) is 0 Å². The molecule has 0 saturated carbocycles. The molecule has 1 heterocycles. The minimum atomic E-state index is -0.848. The van der Waals surface area contributed by atoms with E-state index in [2.05, 4.69) is 18.4 Å². The lowest BCUT2D eigenvalue weighted by Gasteiger charge is -2.14. The average molecular weight is 329 g/mol. The van der Waals surface area contributed by atoms with Crippen LogP contribution in [-0.4, -0.2) is 20.6 Å². The molecule has 2 aromatic carbocycles. The van der Waals surface area contributed by atoms with Gasteiger partial charge in [-0.3, -0.25) is 4.79 Å². The molecule has 0 saturated heterocycles. The van der Waals surface area contributed by atoms with E-state index in [-0.39, 0.29) is 12.5 Å². The number of halogens is 1. The number of fused-ring (bicyclic) bond motifs is 1. The Kier molecular flexibility index (Phi) is 4.09. The Bertz CT molecular complexity index is 884. The second-order valence-electron chi connectivity index (χ2n) is 5.77. The highest BCUT2D eigenvalue weighted by atomic mass is 35.5. The number of carbonyl (C=O) groups is 1. The molecular weight excluding hydrogens is 312 g/mol. The van der Waals surface area contributed by atoms with E-state index in [9.17, 15) is 4.79 Å². The van der Waals surface area contributed by atoms with Crippen molar-refractivity contribution in [3.8, 4) is 11.4 Å². The van der Waals surface area contributed by atoms with Crippen LogP contribution in [0.1, 0.15) is 25.5 Å². The van der Waals surface area contributed by atoms with Gasteiger partial charge in [-0.2, -0.15) is 0 Å². The lowest BCUT2D eigenvalue weighted by Crippen LogP contribution is -2.03. The van der Waals surface area contributed by atoms with Crippen molar-refractivity contribution in [2.24, 2.45) is 0 Å². The van der Waals surface area contributed by atoms with Gasteiger partial charge in [0.05, 0.1) is 22.5 Å². The fourth-order valence-electron chi connectivity index (χ4n) is 2.78. The lowest BCUT2D eigenvalue weighted by atomic mass is 10.1. The fraction of sp³-hybridized carbons (Fsp3) is 0.222. The molecule has 0 amide bonds. The van der Waals surface area contributed by atoms with Crippen LogP contribution in [0.15, 0.2) is 42.5 Å². The Morgan fingerprint density at radius 3 is 2.65 bits per heavy atom. The first-order chi connectivity index (χ1) is 11.0. The van der Waals surface area contributed by atoms with Gasteiger partial charge in [0, 0.05) is 11.6 Å². The van der Waals surface area contributed by atoms with Crippen LogP contribution < -0.4 is 0 Å². The van der Waals surface area contributed by atoms with Crippen molar-refractivity contribution < 1.29 is 9.90 Å². The van der Waals surface area contributed by atoms with Crippen LogP contribution in [0.4, 0.5) is 0 Å². The number of benzene rings is 2. The van der Waals surface area contributed by atoms with Crippen molar-refractivity contribution in [2.45, 2.75) is 26.3 Å². The third-order valence-electron chi connectivity index (χ3n) is 3.74. The largest absolute Gasteiger partial charge is 0.481 e. The molecule has 0 fully saturated rings. The van der Waals surface area contributed by atoms with Crippen LogP contribution in [0.5, 0.6) is 0 Å². The molecule has 3 aromatic rings. The summed E-state index contributed by atoms with van der Waals surface area (Å²) < 4.78 is 2.13. The standard InChI is InChI=1S/C18H17ClN2O2/c1-11(2)21-16-8-7-12(10-17(22)23)9-15(16)20-18(21)13-5-3-4-6-14(13)19/h3-9,11H,10H2,1-2H3,(H,22,23). The predicted octanol–water partition coefficient (Wildman–Crippen LogP) is 4.56. The van der Waals surface area contributed by atoms with Crippen molar-refractivity contribution in [2.75, 3.05) is 0 Å². The van der Waals surface area contributed by atoms with Gasteiger partial charge in [-0.1, -0.05) is 29.8 Å². The molecule has 0 atom stereocenters. The third kappa shape index (κ3) is 2.94. The summed E-state index contributed by atoms with van der Waals surface area (Å²) in [6.07, 6.45) is -0.00803.